The number of carbonyl (C=O) groups excluding carboxylic acids is 1. The zero-order valence-corrected chi connectivity index (χ0v) is 11.2. The Hall–Kier alpha value is -1.11. The highest BCUT2D eigenvalue weighted by atomic mass is 32.2. The summed E-state index contributed by atoms with van der Waals surface area (Å²) in [6.07, 6.45) is 2.00. The number of amides is 1. The summed E-state index contributed by atoms with van der Waals surface area (Å²) in [6, 6.07) is 5.16. The number of anilines is 1. The van der Waals surface area contributed by atoms with Crippen molar-refractivity contribution < 1.29 is 4.79 Å². The third-order valence-corrected chi connectivity index (χ3v) is 4.23. The zero-order valence-electron chi connectivity index (χ0n) is 9.56. The monoisotopic (exact) mass is 267 g/mol. The molecule has 1 heterocycles. The van der Waals surface area contributed by atoms with Crippen LogP contribution in [0.1, 0.15) is 6.92 Å². The van der Waals surface area contributed by atoms with Crippen molar-refractivity contribution in [3.8, 4) is 0 Å². The average molecular weight is 267 g/mol. The fraction of sp³-hybridized carbons (Fsp3) is 0.273. The van der Waals surface area contributed by atoms with Gasteiger partial charge < -0.3 is 11.1 Å². The first kappa shape index (κ1) is 12.3. The van der Waals surface area contributed by atoms with Crippen molar-refractivity contribution >= 4 is 44.9 Å². The van der Waals surface area contributed by atoms with Gasteiger partial charge in [-0.05, 0) is 31.4 Å². The summed E-state index contributed by atoms with van der Waals surface area (Å²) in [7, 11) is 0. The largest absolute Gasteiger partial charge is 0.325 e. The molecule has 0 fully saturated rings. The molecule has 0 aliphatic rings. The predicted molar refractivity (Wildman–Crippen MR) is 73.7 cm³/mol. The van der Waals surface area contributed by atoms with E-state index in [0.29, 0.717) is 0 Å². The van der Waals surface area contributed by atoms with Crippen LogP contribution >= 0.6 is 23.1 Å². The van der Waals surface area contributed by atoms with E-state index in [-0.39, 0.29) is 5.91 Å². The van der Waals surface area contributed by atoms with Gasteiger partial charge in [0.25, 0.3) is 0 Å². The Morgan fingerprint density at radius 2 is 2.35 bits per heavy atom. The first-order valence-corrected chi connectivity index (χ1v) is 7.15. The molecule has 0 radical (unpaired) electrons. The number of aromatic nitrogens is 1. The van der Waals surface area contributed by atoms with E-state index in [0.717, 1.165) is 20.2 Å². The lowest BCUT2D eigenvalue weighted by molar-refractivity contribution is -0.117. The second kappa shape index (κ2) is 5.03. The van der Waals surface area contributed by atoms with Gasteiger partial charge in [-0.1, -0.05) is 11.8 Å². The van der Waals surface area contributed by atoms with Crippen LogP contribution in [-0.2, 0) is 4.79 Å². The van der Waals surface area contributed by atoms with Gasteiger partial charge in [0.1, 0.15) is 0 Å². The lowest BCUT2D eigenvalue weighted by Gasteiger charge is -2.07. The van der Waals surface area contributed by atoms with E-state index >= 15 is 0 Å². The maximum Gasteiger partial charge on any atom is 0.240 e. The summed E-state index contributed by atoms with van der Waals surface area (Å²) in [5, 5.41) is 2.77. The molecule has 0 aliphatic heterocycles. The van der Waals surface area contributed by atoms with Crippen LogP contribution in [0.2, 0.25) is 0 Å². The molecule has 1 atom stereocenters. The van der Waals surface area contributed by atoms with Crippen LogP contribution in [0.15, 0.2) is 22.5 Å². The van der Waals surface area contributed by atoms with Crippen molar-refractivity contribution in [1.82, 2.24) is 4.98 Å². The number of thioether (sulfide) groups is 1. The lowest BCUT2D eigenvalue weighted by Crippen LogP contribution is -2.32. The number of nitrogens with zero attached hydrogens (tertiary/aromatic N) is 1. The Kier molecular flexibility index (Phi) is 3.66. The average Bonchev–Trinajstić information content (AvgIpc) is 2.70. The molecule has 0 saturated heterocycles. The molecule has 0 aliphatic carbocycles. The molecule has 1 unspecified atom stereocenters. The topological polar surface area (TPSA) is 68.0 Å². The SMILES string of the molecule is CSc1nc2ccc(NC(=O)C(C)N)cc2s1. The Bertz CT molecular complexity index is 551. The molecule has 2 rings (SSSR count). The maximum atomic E-state index is 11.5. The molecule has 90 valence electrons. The summed E-state index contributed by atoms with van der Waals surface area (Å²) in [5.41, 5.74) is 7.21. The fourth-order valence-corrected chi connectivity index (χ4v) is 2.85. The third-order valence-electron chi connectivity index (χ3n) is 2.22. The molecule has 0 bridgehead atoms. The minimum Gasteiger partial charge on any atom is -0.325 e. The van der Waals surface area contributed by atoms with Crippen LogP contribution in [0.4, 0.5) is 5.69 Å². The molecule has 1 amide bonds. The van der Waals surface area contributed by atoms with E-state index in [1.54, 1.807) is 30.0 Å². The number of carbonyl (C=O) groups is 1. The van der Waals surface area contributed by atoms with Crippen molar-refractivity contribution in [1.29, 1.82) is 0 Å². The van der Waals surface area contributed by atoms with Crippen LogP contribution in [0, 0.1) is 0 Å². The van der Waals surface area contributed by atoms with Gasteiger partial charge in [0.2, 0.25) is 5.91 Å². The number of fused-ring (bicyclic) bond motifs is 1. The molecule has 3 N–H and O–H groups in total. The van der Waals surface area contributed by atoms with Crippen LogP contribution in [0.5, 0.6) is 0 Å². The van der Waals surface area contributed by atoms with Crippen molar-refractivity contribution in [2.45, 2.75) is 17.3 Å². The zero-order chi connectivity index (χ0) is 12.4. The number of nitrogens with one attached hydrogen (secondary N) is 1. The third kappa shape index (κ3) is 2.77. The molecule has 2 aromatic rings. The lowest BCUT2D eigenvalue weighted by atomic mass is 10.2. The smallest absolute Gasteiger partial charge is 0.240 e. The van der Waals surface area contributed by atoms with Crippen molar-refractivity contribution in [2.75, 3.05) is 11.6 Å². The van der Waals surface area contributed by atoms with Gasteiger partial charge in [-0.3, -0.25) is 4.79 Å². The van der Waals surface area contributed by atoms with Gasteiger partial charge in [-0.15, -0.1) is 11.3 Å². The summed E-state index contributed by atoms with van der Waals surface area (Å²) in [4.78, 5) is 15.9. The van der Waals surface area contributed by atoms with Crippen LogP contribution in [0.25, 0.3) is 10.2 Å². The molecule has 17 heavy (non-hydrogen) atoms. The first-order chi connectivity index (χ1) is 8.10. The molecular weight excluding hydrogens is 254 g/mol. The number of nitrogens with two attached hydrogens (primary N) is 1. The standard InChI is InChI=1S/C11H13N3OS2/c1-6(12)10(15)13-7-3-4-8-9(5-7)17-11(14-8)16-2/h3-6H,12H2,1-2H3,(H,13,15). The molecule has 0 spiro atoms. The van der Waals surface area contributed by atoms with Crippen LogP contribution in [0.3, 0.4) is 0 Å². The predicted octanol–water partition coefficient (Wildman–Crippen LogP) is 2.30. The Morgan fingerprint density at radius 1 is 1.59 bits per heavy atom. The van der Waals surface area contributed by atoms with E-state index in [4.69, 9.17) is 5.73 Å². The quantitative estimate of drug-likeness (QED) is 0.837. The van der Waals surface area contributed by atoms with Gasteiger partial charge in [-0.25, -0.2) is 4.98 Å². The number of benzene rings is 1. The van der Waals surface area contributed by atoms with Crippen molar-refractivity contribution in [3.63, 3.8) is 0 Å². The fourth-order valence-electron chi connectivity index (χ4n) is 1.32. The second-order valence-electron chi connectivity index (χ2n) is 3.64. The summed E-state index contributed by atoms with van der Waals surface area (Å²) in [5.74, 6) is -0.182. The van der Waals surface area contributed by atoms with E-state index in [9.17, 15) is 4.79 Å². The van der Waals surface area contributed by atoms with Gasteiger partial charge in [0, 0.05) is 5.69 Å². The summed E-state index contributed by atoms with van der Waals surface area (Å²) < 4.78 is 2.09. The molecule has 0 saturated carbocycles. The maximum absolute atomic E-state index is 11.5. The van der Waals surface area contributed by atoms with E-state index in [2.05, 4.69) is 10.3 Å². The van der Waals surface area contributed by atoms with Gasteiger partial charge in [-0.2, -0.15) is 0 Å². The Morgan fingerprint density at radius 3 is 3.00 bits per heavy atom. The number of hydrogen-bond acceptors (Lipinski definition) is 5. The van der Waals surface area contributed by atoms with Crippen molar-refractivity contribution in [3.05, 3.63) is 18.2 Å². The van der Waals surface area contributed by atoms with Crippen molar-refractivity contribution in [2.24, 2.45) is 5.73 Å². The van der Waals surface area contributed by atoms with Crippen LogP contribution < -0.4 is 11.1 Å². The van der Waals surface area contributed by atoms with E-state index in [1.807, 2.05) is 24.5 Å². The molecule has 1 aromatic carbocycles. The Balaban J connectivity index is 2.28. The van der Waals surface area contributed by atoms with Gasteiger partial charge in [0.05, 0.1) is 16.3 Å². The first-order valence-electron chi connectivity index (χ1n) is 5.11. The highest BCUT2D eigenvalue weighted by molar-refractivity contribution is 8.00. The minimum atomic E-state index is -0.506. The van der Waals surface area contributed by atoms with E-state index in [1.165, 1.54) is 0 Å². The molecular formula is C11H13N3OS2. The molecule has 4 nitrogen and oxygen atoms in total. The summed E-state index contributed by atoms with van der Waals surface area (Å²) >= 11 is 3.24. The molecule has 1 aromatic heterocycles. The van der Waals surface area contributed by atoms with Gasteiger partial charge >= 0.3 is 0 Å². The minimum absolute atomic E-state index is 0.182. The van der Waals surface area contributed by atoms with Gasteiger partial charge in [0.15, 0.2) is 4.34 Å². The highest BCUT2D eigenvalue weighted by Gasteiger charge is 2.09. The second-order valence-corrected chi connectivity index (χ2v) is 5.73. The van der Waals surface area contributed by atoms with Crippen LogP contribution in [-0.4, -0.2) is 23.2 Å². The number of rotatable bonds is 3. The summed E-state index contributed by atoms with van der Waals surface area (Å²) in [6.45, 7) is 1.66. The number of hydrogen-bond donors (Lipinski definition) is 2. The Labute approximate surface area is 108 Å². The normalized spacial score (nSPS) is 12.6. The highest BCUT2D eigenvalue weighted by Crippen LogP contribution is 2.29. The van der Waals surface area contributed by atoms with E-state index < -0.39 is 6.04 Å². The molecule has 6 heteroatoms. The number of thiazole rings is 1.